The predicted molar refractivity (Wildman–Crippen MR) is 59.0 cm³/mol. The first-order chi connectivity index (χ1) is 6.74. The molecule has 0 fully saturated rings. The number of carbonyl (C=O) groups is 1. The molecule has 0 aliphatic rings. The van der Waals surface area contributed by atoms with E-state index in [9.17, 15) is 4.79 Å². The van der Waals surface area contributed by atoms with E-state index < -0.39 is 0 Å². The molecule has 0 aliphatic heterocycles. The van der Waals surface area contributed by atoms with E-state index in [4.69, 9.17) is 5.73 Å². The van der Waals surface area contributed by atoms with Crippen molar-refractivity contribution in [2.45, 2.75) is 19.9 Å². The van der Waals surface area contributed by atoms with Gasteiger partial charge in [0, 0.05) is 10.8 Å². The van der Waals surface area contributed by atoms with Gasteiger partial charge in [0.2, 0.25) is 5.91 Å². The van der Waals surface area contributed by atoms with Crippen molar-refractivity contribution in [3.8, 4) is 0 Å². The van der Waals surface area contributed by atoms with Crippen molar-refractivity contribution in [3.05, 3.63) is 22.4 Å². The molecule has 0 aliphatic carbocycles. The Bertz CT molecular complexity index is 272. The first-order valence-electron chi connectivity index (χ1n) is 4.74. The van der Waals surface area contributed by atoms with Crippen molar-refractivity contribution >= 4 is 17.2 Å². The predicted octanol–water partition coefficient (Wildman–Crippen LogP) is 1.35. The maximum atomic E-state index is 11.5. The summed E-state index contributed by atoms with van der Waals surface area (Å²) in [6, 6.07) is 3.99. The molecule has 0 saturated carbocycles. The second-order valence-electron chi connectivity index (χ2n) is 3.28. The lowest BCUT2D eigenvalue weighted by molar-refractivity contribution is -0.124. The van der Waals surface area contributed by atoms with Gasteiger partial charge in [-0.05, 0) is 24.4 Å². The molecule has 14 heavy (non-hydrogen) atoms. The zero-order valence-corrected chi connectivity index (χ0v) is 9.14. The van der Waals surface area contributed by atoms with Crippen LogP contribution >= 0.6 is 11.3 Å². The molecule has 1 amide bonds. The molecule has 3 N–H and O–H groups in total. The van der Waals surface area contributed by atoms with E-state index in [0.717, 1.165) is 6.42 Å². The molecule has 0 radical (unpaired) electrons. The molecule has 1 aromatic heterocycles. The molecule has 0 aromatic carbocycles. The summed E-state index contributed by atoms with van der Waals surface area (Å²) in [4.78, 5) is 12.6. The number of nitrogens with two attached hydrogens (primary N) is 1. The van der Waals surface area contributed by atoms with Crippen LogP contribution in [0.2, 0.25) is 0 Å². The fourth-order valence-corrected chi connectivity index (χ4v) is 1.79. The fraction of sp³-hybridized carbons (Fsp3) is 0.500. The highest BCUT2D eigenvalue weighted by Gasteiger charge is 2.10. The quantitative estimate of drug-likeness (QED) is 0.774. The number of nitrogens with one attached hydrogen (secondary N) is 1. The van der Waals surface area contributed by atoms with Gasteiger partial charge in [0.1, 0.15) is 0 Å². The van der Waals surface area contributed by atoms with Gasteiger partial charge in [-0.15, -0.1) is 11.3 Å². The Morgan fingerprint density at radius 1 is 1.71 bits per heavy atom. The fourth-order valence-electron chi connectivity index (χ4n) is 1.14. The number of hydrogen-bond acceptors (Lipinski definition) is 3. The maximum Gasteiger partial charge on any atom is 0.223 e. The smallest absolute Gasteiger partial charge is 0.223 e. The van der Waals surface area contributed by atoms with Crippen LogP contribution in [-0.4, -0.2) is 12.5 Å². The molecule has 1 heterocycles. The molecule has 0 saturated heterocycles. The normalized spacial score (nSPS) is 12.4. The lowest BCUT2D eigenvalue weighted by atomic mass is 10.1. The van der Waals surface area contributed by atoms with Crippen LogP contribution in [0.3, 0.4) is 0 Å². The minimum Gasteiger partial charge on any atom is -0.351 e. The van der Waals surface area contributed by atoms with Gasteiger partial charge in [0.15, 0.2) is 0 Å². The van der Waals surface area contributed by atoms with Crippen LogP contribution in [-0.2, 0) is 11.3 Å². The molecule has 78 valence electrons. The van der Waals surface area contributed by atoms with Crippen molar-refractivity contribution in [2.24, 2.45) is 11.7 Å². The van der Waals surface area contributed by atoms with E-state index >= 15 is 0 Å². The van der Waals surface area contributed by atoms with Gasteiger partial charge < -0.3 is 11.1 Å². The largest absolute Gasteiger partial charge is 0.351 e. The third-order valence-corrected chi connectivity index (χ3v) is 2.94. The van der Waals surface area contributed by atoms with Crippen LogP contribution in [0.4, 0.5) is 0 Å². The molecule has 4 heteroatoms. The number of carbonyl (C=O) groups excluding carboxylic acids is 1. The highest BCUT2D eigenvalue weighted by molar-refractivity contribution is 7.09. The monoisotopic (exact) mass is 212 g/mol. The van der Waals surface area contributed by atoms with E-state index in [1.807, 2.05) is 24.4 Å². The van der Waals surface area contributed by atoms with Crippen LogP contribution in [0, 0.1) is 5.92 Å². The van der Waals surface area contributed by atoms with Crippen LogP contribution < -0.4 is 11.1 Å². The topological polar surface area (TPSA) is 55.1 Å². The average molecular weight is 212 g/mol. The van der Waals surface area contributed by atoms with Crippen molar-refractivity contribution in [2.75, 3.05) is 6.54 Å². The van der Waals surface area contributed by atoms with E-state index in [0.29, 0.717) is 13.1 Å². The molecule has 0 spiro atoms. The van der Waals surface area contributed by atoms with Crippen LogP contribution in [0.15, 0.2) is 17.5 Å². The molecular weight excluding hydrogens is 196 g/mol. The molecule has 0 bridgehead atoms. The lowest BCUT2D eigenvalue weighted by Crippen LogP contribution is -2.29. The van der Waals surface area contributed by atoms with Gasteiger partial charge >= 0.3 is 0 Å². The van der Waals surface area contributed by atoms with Gasteiger partial charge in [-0.3, -0.25) is 4.79 Å². The Kier molecular flexibility index (Phi) is 4.62. The maximum absolute atomic E-state index is 11.5. The number of rotatable bonds is 5. The summed E-state index contributed by atoms with van der Waals surface area (Å²) in [7, 11) is 0. The molecule has 3 nitrogen and oxygen atoms in total. The molecule has 1 aromatic rings. The SMILES string of the molecule is CC(CCN)C(=O)NCc1cccs1. The number of amides is 1. The summed E-state index contributed by atoms with van der Waals surface area (Å²) < 4.78 is 0. The molecule has 1 rings (SSSR count). The van der Waals surface area contributed by atoms with Crippen molar-refractivity contribution in [3.63, 3.8) is 0 Å². The van der Waals surface area contributed by atoms with E-state index in [2.05, 4.69) is 5.32 Å². The summed E-state index contributed by atoms with van der Waals surface area (Å²) in [5.41, 5.74) is 5.38. The van der Waals surface area contributed by atoms with Gasteiger partial charge in [0.25, 0.3) is 0 Å². The van der Waals surface area contributed by atoms with Crippen molar-refractivity contribution in [1.82, 2.24) is 5.32 Å². The first kappa shape index (κ1) is 11.2. The summed E-state index contributed by atoms with van der Waals surface area (Å²) >= 11 is 1.65. The Morgan fingerprint density at radius 3 is 3.07 bits per heavy atom. The Labute approximate surface area is 88.3 Å². The minimum absolute atomic E-state index is 0.0139. The zero-order valence-electron chi connectivity index (χ0n) is 8.32. The number of thiophene rings is 1. The standard InChI is InChI=1S/C10H16N2OS/c1-8(4-5-11)10(13)12-7-9-3-2-6-14-9/h2-3,6,8H,4-5,7,11H2,1H3,(H,12,13). The average Bonchev–Trinajstić information content (AvgIpc) is 2.67. The third-order valence-electron chi connectivity index (χ3n) is 2.06. The van der Waals surface area contributed by atoms with Crippen molar-refractivity contribution in [1.29, 1.82) is 0 Å². The van der Waals surface area contributed by atoms with Gasteiger partial charge in [0.05, 0.1) is 6.54 Å². The Morgan fingerprint density at radius 2 is 2.50 bits per heavy atom. The molecule has 1 unspecified atom stereocenters. The van der Waals surface area contributed by atoms with Gasteiger partial charge in [-0.1, -0.05) is 13.0 Å². The Hall–Kier alpha value is -0.870. The van der Waals surface area contributed by atoms with Gasteiger partial charge in [-0.2, -0.15) is 0 Å². The summed E-state index contributed by atoms with van der Waals surface area (Å²) in [5, 5.41) is 4.89. The molecular formula is C10H16N2OS. The summed E-state index contributed by atoms with van der Waals surface area (Å²) in [6.45, 7) is 3.09. The minimum atomic E-state index is 0.0139. The highest BCUT2D eigenvalue weighted by Crippen LogP contribution is 2.08. The van der Waals surface area contributed by atoms with Crippen LogP contribution in [0.5, 0.6) is 0 Å². The van der Waals surface area contributed by atoms with Crippen LogP contribution in [0.1, 0.15) is 18.2 Å². The van der Waals surface area contributed by atoms with E-state index in [-0.39, 0.29) is 11.8 Å². The molecule has 1 atom stereocenters. The van der Waals surface area contributed by atoms with Crippen LogP contribution in [0.25, 0.3) is 0 Å². The third kappa shape index (κ3) is 3.47. The zero-order chi connectivity index (χ0) is 10.4. The first-order valence-corrected chi connectivity index (χ1v) is 5.62. The highest BCUT2D eigenvalue weighted by atomic mass is 32.1. The second kappa shape index (κ2) is 5.78. The van der Waals surface area contributed by atoms with E-state index in [1.54, 1.807) is 11.3 Å². The second-order valence-corrected chi connectivity index (χ2v) is 4.31. The summed E-state index contributed by atoms with van der Waals surface area (Å²) in [5.74, 6) is 0.101. The Balaban J connectivity index is 2.27. The lowest BCUT2D eigenvalue weighted by Gasteiger charge is -2.09. The van der Waals surface area contributed by atoms with Crippen molar-refractivity contribution < 1.29 is 4.79 Å². The van der Waals surface area contributed by atoms with E-state index in [1.165, 1.54) is 4.88 Å². The van der Waals surface area contributed by atoms with Gasteiger partial charge in [-0.25, -0.2) is 0 Å². The summed E-state index contributed by atoms with van der Waals surface area (Å²) in [6.07, 6.45) is 0.746. The number of hydrogen-bond donors (Lipinski definition) is 2.